The third-order valence-corrected chi connectivity index (χ3v) is 3.40. The number of nitrogens with zero attached hydrogens (tertiary/aromatic N) is 2. The highest BCUT2D eigenvalue weighted by molar-refractivity contribution is 9.10. The van der Waals surface area contributed by atoms with Crippen LogP contribution in [0.25, 0.3) is 0 Å². The summed E-state index contributed by atoms with van der Waals surface area (Å²) in [5, 5.41) is 9.94. The normalized spacial score (nSPS) is 19.2. The second-order valence-corrected chi connectivity index (χ2v) is 6.31. The van der Waals surface area contributed by atoms with Gasteiger partial charge in [0.1, 0.15) is 5.76 Å². The average molecular weight is 323 g/mol. The SMILES string of the molecule is CC1(C)CC(=O)C(C=Nc2ccc(Br)cn2)=C(O)C1. The van der Waals surface area contributed by atoms with Gasteiger partial charge in [0.25, 0.3) is 0 Å². The standard InChI is InChI=1S/C14H15BrN2O2/c1-14(2)5-11(18)10(12(19)6-14)8-17-13-4-3-9(15)7-16-13/h3-4,7-8,18H,5-6H2,1-2H3. The number of Topliss-reactive ketones (excluding diaryl/α,β-unsaturated/α-hetero) is 1. The van der Waals surface area contributed by atoms with E-state index in [1.165, 1.54) is 6.21 Å². The summed E-state index contributed by atoms with van der Waals surface area (Å²) in [6.07, 6.45) is 3.95. The number of rotatable bonds is 2. The highest BCUT2D eigenvalue weighted by Gasteiger charge is 2.32. The van der Waals surface area contributed by atoms with Crippen LogP contribution in [0.2, 0.25) is 0 Å². The van der Waals surface area contributed by atoms with Gasteiger partial charge in [-0.15, -0.1) is 0 Å². The Bertz CT molecular complexity index is 559. The molecule has 1 heterocycles. The minimum atomic E-state index is -0.186. The smallest absolute Gasteiger partial charge is 0.168 e. The zero-order valence-electron chi connectivity index (χ0n) is 10.9. The first-order valence-electron chi connectivity index (χ1n) is 5.98. The van der Waals surface area contributed by atoms with Crippen LogP contribution in [0.4, 0.5) is 5.82 Å². The molecule has 5 heteroatoms. The summed E-state index contributed by atoms with van der Waals surface area (Å²) in [6.45, 7) is 3.93. The molecule has 0 atom stereocenters. The Labute approximate surface area is 120 Å². The third-order valence-electron chi connectivity index (χ3n) is 2.93. The molecule has 4 nitrogen and oxygen atoms in total. The van der Waals surface area contributed by atoms with Crippen molar-refractivity contribution in [1.29, 1.82) is 0 Å². The molecule has 0 radical (unpaired) electrons. The molecule has 0 spiro atoms. The number of aromatic nitrogens is 1. The number of aliphatic hydroxyl groups excluding tert-OH is 1. The van der Waals surface area contributed by atoms with Crippen molar-refractivity contribution in [2.24, 2.45) is 10.4 Å². The number of aliphatic hydroxyl groups is 1. The van der Waals surface area contributed by atoms with Crippen molar-refractivity contribution >= 4 is 33.7 Å². The molecule has 0 saturated carbocycles. The van der Waals surface area contributed by atoms with Gasteiger partial charge in [-0.25, -0.2) is 9.98 Å². The molecule has 100 valence electrons. The molecular formula is C14H15BrN2O2. The van der Waals surface area contributed by atoms with Gasteiger partial charge in [0.05, 0.1) is 5.57 Å². The van der Waals surface area contributed by atoms with Gasteiger partial charge in [-0.3, -0.25) is 4.79 Å². The van der Waals surface area contributed by atoms with E-state index in [1.807, 2.05) is 19.9 Å². The highest BCUT2D eigenvalue weighted by Crippen LogP contribution is 2.35. The molecule has 0 bridgehead atoms. The fourth-order valence-corrected chi connectivity index (χ4v) is 2.26. The first-order valence-corrected chi connectivity index (χ1v) is 6.78. The number of ketones is 1. The van der Waals surface area contributed by atoms with Crippen LogP contribution in [-0.4, -0.2) is 22.1 Å². The topological polar surface area (TPSA) is 62.5 Å². The molecule has 1 aromatic heterocycles. The first-order chi connectivity index (χ1) is 8.87. The highest BCUT2D eigenvalue weighted by atomic mass is 79.9. The first kappa shape index (κ1) is 13.9. The predicted molar refractivity (Wildman–Crippen MR) is 77.8 cm³/mol. The van der Waals surface area contributed by atoms with Gasteiger partial charge >= 0.3 is 0 Å². The Morgan fingerprint density at radius 1 is 1.42 bits per heavy atom. The number of aliphatic imine (C=N–C) groups is 1. The van der Waals surface area contributed by atoms with Crippen molar-refractivity contribution in [3.63, 3.8) is 0 Å². The third kappa shape index (κ3) is 3.50. The molecule has 0 fully saturated rings. The van der Waals surface area contributed by atoms with Crippen LogP contribution in [0.5, 0.6) is 0 Å². The molecular weight excluding hydrogens is 308 g/mol. The summed E-state index contributed by atoms with van der Waals surface area (Å²) >= 11 is 3.29. The summed E-state index contributed by atoms with van der Waals surface area (Å²) in [5.74, 6) is 0.540. The molecule has 19 heavy (non-hydrogen) atoms. The molecule has 0 unspecified atom stereocenters. The second kappa shape index (κ2) is 5.25. The monoisotopic (exact) mass is 322 g/mol. The van der Waals surface area contributed by atoms with E-state index in [0.29, 0.717) is 24.2 Å². The summed E-state index contributed by atoms with van der Waals surface area (Å²) in [5.41, 5.74) is 0.109. The Kier molecular flexibility index (Phi) is 3.85. The fourth-order valence-electron chi connectivity index (χ4n) is 2.02. The van der Waals surface area contributed by atoms with Crippen LogP contribution < -0.4 is 0 Å². The number of halogens is 1. The molecule has 1 aliphatic rings. The zero-order valence-corrected chi connectivity index (χ0v) is 12.4. The number of pyridine rings is 1. The molecule has 2 rings (SSSR count). The van der Waals surface area contributed by atoms with E-state index >= 15 is 0 Å². The maximum atomic E-state index is 12.0. The molecule has 0 saturated heterocycles. The average Bonchev–Trinajstić information content (AvgIpc) is 2.29. The van der Waals surface area contributed by atoms with Gasteiger partial charge in [0, 0.05) is 29.7 Å². The van der Waals surface area contributed by atoms with E-state index in [2.05, 4.69) is 25.9 Å². The lowest BCUT2D eigenvalue weighted by Crippen LogP contribution is -2.26. The summed E-state index contributed by atoms with van der Waals surface area (Å²) in [6, 6.07) is 3.55. The van der Waals surface area contributed by atoms with Gasteiger partial charge in [-0.05, 0) is 33.5 Å². The summed E-state index contributed by atoms with van der Waals surface area (Å²) < 4.78 is 0.865. The lowest BCUT2D eigenvalue weighted by Gasteiger charge is -2.28. The fraction of sp³-hybridized carbons (Fsp3) is 0.357. The summed E-state index contributed by atoms with van der Waals surface area (Å²) in [7, 11) is 0. The van der Waals surface area contributed by atoms with Crippen LogP contribution in [0.3, 0.4) is 0 Å². The molecule has 0 amide bonds. The maximum absolute atomic E-state index is 12.0. The molecule has 0 aliphatic heterocycles. The van der Waals surface area contributed by atoms with Crippen LogP contribution in [-0.2, 0) is 4.79 Å². The minimum absolute atomic E-state index is 0.0744. The zero-order chi connectivity index (χ0) is 14.0. The van der Waals surface area contributed by atoms with Gasteiger partial charge < -0.3 is 5.11 Å². The number of carbonyl (C=O) groups excluding carboxylic acids is 1. The van der Waals surface area contributed by atoms with E-state index in [0.717, 1.165) is 4.47 Å². The maximum Gasteiger partial charge on any atom is 0.168 e. The van der Waals surface area contributed by atoms with E-state index in [4.69, 9.17) is 0 Å². The Morgan fingerprint density at radius 2 is 2.16 bits per heavy atom. The van der Waals surface area contributed by atoms with E-state index in [-0.39, 0.29) is 17.0 Å². The lowest BCUT2D eigenvalue weighted by molar-refractivity contribution is -0.117. The quantitative estimate of drug-likeness (QED) is 0.843. The van der Waals surface area contributed by atoms with E-state index < -0.39 is 0 Å². The number of allylic oxidation sites excluding steroid dienone is 2. The van der Waals surface area contributed by atoms with Crippen LogP contribution in [0, 0.1) is 5.41 Å². The van der Waals surface area contributed by atoms with Crippen molar-refractivity contribution in [2.45, 2.75) is 26.7 Å². The predicted octanol–water partition coefficient (Wildman–Crippen LogP) is 3.75. The Hall–Kier alpha value is -1.49. The van der Waals surface area contributed by atoms with Gasteiger partial charge in [-0.2, -0.15) is 0 Å². The van der Waals surface area contributed by atoms with E-state index in [1.54, 1.807) is 12.3 Å². The van der Waals surface area contributed by atoms with E-state index in [9.17, 15) is 9.90 Å². The summed E-state index contributed by atoms with van der Waals surface area (Å²) in [4.78, 5) is 20.2. The van der Waals surface area contributed by atoms with Gasteiger partial charge in [0.15, 0.2) is 11.6 Å². The number of carbonyl (C=O) groups is 1. The van der Waals surface area contributed by atoms with Crippen LogP contribution in [0.1, 0.15) is 26.7 Å². The van der Waals surface area contributed by atoms with Gasteiger partial charge in [0.2, 0.25) is 0 Å². The van der Waals surface area contributed by atoms with Crippen molar-refractivity contribution in [3.05, 3.63) is 34.1 Å². The van der Waals surface area contributed by atoms with Crippen LogP contribution in [0.15, 0.2) is 39.1 Å². The molecule has 1 aliphatic carbocycles. The minimum Gasteiger partial charge on any atom is -0.511 e. The second-order valence-electron chi connectivity index (χ2n) is 5.39. The molecule has 1 aromatic rings. The number of hydrogen-bond donors (Lipinski definition) is 1. The molecule has 0 aromatic carbocycles. The Balaban J connectivity index is 2.23. The van der Waals surface area contributed by atoms with Crippen molar-refractivity contribution in [1.82, 2.24) is 4.98 Å². The van der Waals surface area contributed by atoms with Crippen molar-refractivity contribution < 1.29 is 9.90 Å². The largest absolute Gasteiger partial charge is 0.511 e. The lowest BCUT2D eigenvalue weighted by atomic mass is 9.77. The van der Waals surface area contributed by atoms with Crippen molar-refractivity contribution in [3.8, 4) is 0 Å². The van der Waals surface area contributed by atoms with Crippen molar-refractivity contribution in [2.75, 3.05) is 0 Å². The Morgan fingerprint density at radius 3 is 2.74 bits per heavy atom. The van der Waals surface area contributed by atoms with Crippen LogP contribution >= 0.6 is 15.9 Å². The number of hydrogen-bond acceptors (Lipinski definition) is 4. The molecule has 1 N–H and O–H groups in total. The van der Waals surface area contributed by atoms with Gasteiger partial charge in [-0.1, -0.05) is 13.8 Å².